The summed E-state index contributed by atoms with van der Waals surface area (Å²) in [7, 11) is 0. The summed E-state index contributed by atoms with van der Waals surface area (Å²) in [5, 5.41) is 0. The second-order valence-corrected chi connectivity index (χ2v) is 9.64. The van der Waals surface area contributed by atoms with Gasteiger partial charge in [-0.1, -0.05) is 103 Å². The van der Waals surface area contributed by atoms with Crippen molar-refractivity contribution in [1.29, 1.82) is 0 Å². The van der Waals surface area contributed by atoms with Gasteiger partial charge in [0.15, 0.2) is 0 Å². The Morgan fingerprint density at radius 2 is 1.00 bits per heavy atom. The summed E-state index contributed by atoms with van der Waals surface area (Å²) >= 11 is 3.84. The standard InChI is InChI=1S/C22H37NS2/c1-2-3-4-5-6-7-8-9-10-11-12-13-14-17-20-23-24-21-18-15-16-19-22(21)25-23/h15-16,18-19H,2-14,17,20H2,1H3. The summed E-state index contributed by atoms with van der Waals surface area (Å²) in [6.07, 6.45) is 20.1. The van der Waals surface area contributed by atoms with Crippen LogP contribution < -0.4 is 0 Å². The van der Waals surface area contributed by atoms with E-state index in [1.54, 1.807) is 0 Å². The lowest BCUT2D eigenvalue weighted by Gasteiger charge is -2.11. The molecule has 3 heteroatoms. The SMILES string of the molecule is CCCCCCCCCCCCCCCCN1Sc2ccccc2S1. The fourth-order valence-electron chi connectivity index (χ4n) is 3.37. The molecule has 142 valence electrons. The quantitative estimate of drug-likeness (QED) is 0.222. The van der Waals surface area contributed by atoms with Crippen LogP contribution in [0, 0.1) is 0 Å². The lowest BCUT2D eigenvalue weighted by Crippen LogP contribution is -2.03. The summed E-state index contributed by atoms with van der Waals surface area (Å²) in [5.74, 6) is 0. The highest BCUT2D eigenvalue weighted by Gasteiger charge is 2.19. The Balaban J connectivity index is 1.31. The molecule has 1 aliphatic heterocycles. The first-order chi connectivity index (χ1) is 12.4. The van der Waals surface area contributed by atoms with Crippen molar-refractivity contribution in [3.8, 4) is 0 Å². The molecule has 0 spiro atoms. The van der Waals surface area contributed by atoms with Gasteiger partial charge in [-0.3, -0.25) is 0 Å². The van der Waals surface area contributed by atoms with E-state index >= 15 is 0 Å². The molecule has 0 N–H and O–H groups in total. The highest BCUT2D eigenvalue weighted by atomic mass is 32.2. The van der Waals surface area contributed by atoms with Crippen LogP contribution >= 0.6 is 23.9 Å². The highest BCUT2D eigenvalue weighted by Crippen LogP contribution is 2.46. The number of hydrogen-bond acceptors (Lipinski definition) is 3. The van der Waals surface area contributed by atoms with E-state index in [1.807, 2.05) is 23.9 Å². The first kappa shape index (κ1) is 21.2. The minimum absolute atomic E-state index is 1.21. The van der Waals surface area contributed by atoms with Crippen LogP contribution in [0.1, 0.15) is 96.8 Å². The predicted octanol–water partition coefficient (Wildman–Crippen LogP) is 8.50. The van der Waals surface area contributed by atoms with Crippen molar-refractivity contribution in [3.05, 3.63) is 24.3 Å². The zero-order valence-corrected chi connectivity index (χ0v) is 17.8. The summed E-state index contributed by atoms with van der Waals surface area (Å²) in [6.45, 7) is 3.51. The molecule has 0 bridgehead atoms. The van der Waals surface area contributed by atoms with Gasteiger partial charge in [-0.15, -0.1) is 0 Å². The number of unbranched alkanes of at least 4 members (excludes halogenated alkanes) is 13. The Bertz CT molecular complexity index is 424. The Kier molecular flexibility index (Phi) is 11.9. The summed E-state index contributed by atoms with van der Waals surface area (Å²) in [4.78, 5) is 2.86. The molecule has 0 unspecified atom stereocenters. The first-order valence-electron chi connectivity index (χ1n) is 10.6. The van der Waals surface area contributed by atoms with E-state index in [-0.39, 0.29) is 0 Å². The van der Waals surface area contributed by atoms with Crippen LogP contribution in [0.4, 0.5) is 0 Å². The van der Waals surface area contributed by atoms with Gasteiger partial charge < -0.3 is 0 Å². The van der Waals surface area contributed by atoms with E-state index < -0.39 is 0 Å². The van der Waals surface area contributed by atoms with Crippen LogP contribution in [0.25, 0.3) is 0 Å². The molecule has 1 nitrogen and oxygen atoms in total. The molecule has 0 radical (unpaired) electrons. The maximum Gasteiger partial charge on any atom is 0.0388 e. The number of hydrogen-bond donors (Lipinski definition) is 0. The molecule has 0 aliphatic carbocycles. The van der Waals surface area contributed by atoms with Gasteiger partial charge >= 0.3 is 0 Å². The van der Waals surface area contributed by atoms with Crippen molar-refractivity contribution in [2.75, 3.05) is 6.54 Å². The molecular formula is C22H37NS2. The molecule has 25 heavy (non-hydrogen) atoms. The lowest BCUT2D eigenvalue weighted by atomic mass is 10.0. The van der Waals surface area contributed by atoms with Crippen molar-refractivity contribution in [2.45, 2.75) is 107 Å². The maximum absolute atomic E-state index is 2.45. The normalized spacial score (nSPS) is 14.1. The molecule has 0 fully saturated rings. The van der Waals surface area contributed by atoms with Crippen molar-refractivity contribution in [2.24, 2.45) is 0 Å². The highest BCUT2D eigenvalue weighted by molar-refractivity contribution is 8.14. The molecule has 0 saturated carbocycles. The summed E-state index contributed by atoms with van der Waals surface area (Å²) < 4.78 is 2.45. The van der Waals surface area contributed by atoms with Gasteiger partial charge in [0.2, 0.25) is 0 Å². The number of nitrogens with zero attached hydrogens (tertiary/aromatic N) is 1. The average molecular weight is 380 g/mol. The van der Waals surface area contributed by atoms with Crippen molar-refractivity contribution < 1.29 is 0 Å². The second kappa shape index (κ2) is 14.0. The molecule has 0 aromatic heterocycles. The Morgan fingerprint density at radius 1 is 0.600 bits per heavy atom. The Morgan fingerprint density at radius 3 is 1.44 bits per heavy atom. The Hall–Kier alpha value is -0.120. The molecule has 1 aromatic carbocycles. The van der Waals surface area contributed by atoms with Gasteiger partial charge in [0.05, 0.1) is 0 Å². The number of rotatable bonds is 15. The first-order valence-corrected chi connectivity index (χ1v) is 12.2. The zero-order valence-electron chi connectivity index (χ0n) is 16.2. The van der Waals surface area contributed by atoms with E-state index in [0.29, 0.717) is 0 Å². The molecule has 0 atom stereocenters. The molecule has 2 rings (SSSR count). The van der Waals surface area contributed by atoms with Gasteiger partial charge in [-0.05, 0) is 42.4 Å². The van der Waals surface area contributed by atoms with Crippen LogP contribution in [0.15, 0.2) is 34.1 Å². The van der Waals surface area contributed by atoms with Crippen LogP contribution in [0.3, 0.4) is 0 Å². The number of benzene rings is 1. The molecule has 0 amide bonds. The van der Waals surface area contributed by atoms with Crippen LogP contribution in [0.5, 0.6) is 0 Å². The van der Waals surface area contributed by atoms with Gasteiger partial charge in [-0.25, -0.2) is 0 Å². The largest absolute Gasteiger partial charge is 0.186 e. The smallest absolute Gasteiger partial charge is 0.0388 e. The van der Waals surface area contributed by atoms with Crippen LogP contribution in [-0.4, -0.2) is 10.3 Å². The van der Waals surface area contributed by atoms with Crippen molar-refractivity contribution in [3.63, 3.8) is 0 Å². The zero-order chi connectivity index (χ0) is 17.6. The van der Waals surface area contributed by atoms with Crippen molar-refractivity contribution >= 4 is 23.9 Å². The van der Waals surface area contributed by atoms with Crippen LogP contribution in [-0.2, 0) is 0 Å². The maximum atomic E-state index is 2.45. The average Bonchev–Trinajstić information content (AvgIpc) is 3.05. The van der Waals surface area contributed by atoms with Crippen molar-refractivity contribution in [1.82, 2.24) is 3.71 Å². The van der Waals surface area contributed by atoms with Gasteiger partial charge in [0, 0.05) is 16.3 Å². The third-order valence-corrected chi connectivity index (χ3v) is 7.40. The lowest BCUT2D eigenvalue weighted by molar-refractivity contribution is 0.530. The topological polar surface area (TPSA) is 3.24 Å². The Labute approximate surface area is 165 Å². The van der Waals surface area contributed by atoms with E-state index in [1.165, 1.54) is 106 Å². The molecule has 1 aliphatic rings. The van der Waals surface area contributed by atoms with Gasteiger partial charge in [-0.2, -0.15) is 3.71 Å². The van der Waals surface area contributed by atoms with Gasteiger partial charge in [0.25, 0.3) is 0 Å². The molecular weight excluding hydrogens is 342 g/mol. The fourth-order valence-corrected chi connectivity index (χ4v) is 5.69. The van der Waals surface area contributed by atoms with E-state index in [0.717, 1.165) is 0 Å². The number of fused-ring (bicyclic) bond motifs is 1. The van der Waals surface area contributed by atoms with E-state index in [9.17, 15) is 0 Å². The predicted molar refractivity (Wildman–Crippen MR) is 115 cm³/mol. The van der Waals surface area contributed by atoms with Gasteiger partial charge in [0.1, 0.15) is 0 Å². The third-order valence-electron chi connectivity index (χ3n) is 4.94. The fraction of sp³-hybridized carbons (Fsp3) is 0.727. The minimum atomic E-state index is 1.21. The van der Waals surface area contributed by atoms with E-state index in [4.69, 9.17) is 0 Å². The molecule has 0 saturated heterocycles. The van der Waals surface area contributed by atoms with Crippen LogP contribution in [0.2, 0.25) is 0 Å². The minimum Gasteiger partial charge on any atom is -0.186 e. The second-order valence-electron chi connectivity index (χ2n) is 7.28. The monoisotopic (exact) mass is 379 g/mol. The molecule has 1 heterocycles. The van der Waals surface area contributed by atoms with E-state index in [2.05, 4.69) is 34.9 Å². The molecule has 1 aromatic rings. The summed E-state index contributed by atoms with van der Waals surface area (Å²) in [6, 6.07) is 8.75. The third kappa shape index (κ3) is 9.40. The summed E-state index contributed by atoms with van der Waals surface area (Å²) in [5.41, 5.74) is 0.